The first-order chi connectivity index (χ1) is 10.5. The number of anilines is 1. The molecule has 0 aliphatic heterocycles. The lowest BCUT2D eigenvalue weighted by atomic mass is 10.1. The highest BCUT2D eigenvalue weighted by Gasteiger charge is 2.07. The molecule has 5 nitrogen and oxygen atoms in total. The molecule has 2 rings (SSSR count). The molecular formula is C15H18FN3O2S. The number of amides is 2. The van der Waals surface area contributed by atoms with Crippen molar-refractivity contribution in [3.8, 4) is 0 Å². The van der Waals surface area contributed by atoms with Gasteiger partial charge in [-0.2, -0.15) is 0 Å². The van der Waals surface area contributed by atoms with Crippen LogP contribution in [0.2, 0.25) is 0 Å². The van der Waals surface area contributed by atoms with Gasteiger partial charge >= 0.3 is 6.03 Å². The molecule has 1 heterocycles. The highest BCUT2D eigenvalue weighted by molar-refractivity contribution is 7.15. The van der Waals surface area contributed by atoms with Crippen LogP contribution >= 0.6 is 11.3 Å². The van der Waals surface area contributed by atoms with Gasteiger partial charge < -0.3 is 10.4 Å². The summed E-state index contributed by atoms with van der Waals surface area (Å²) in [6, 6.07) is 6.04. The maximum absolute atomic E-state index is 13.1. The lowest BCUT2D eigenvalue weighted by molar-refractivity contribution is 0.184. The number of thiazole rings is 1. The van der Waals surface area contributed by atoms with Crippen molar-refractivity contribution in [3.05, 3.63) is 46.7 Å². The number of benzene rings is 1. The molecule has 0 bridgehead atoms. The molecule has 1 aromatic carbocycles. The van der Waals surface area contributed by atoms with Crippen molar-refractivity contribution in [2.24, 2.45) is 0 Å². The van der Waals surface area contributed by atoms with Crippen LogP contribution in [0.25, 0.3) is 0 Å². The molecule has 7 heteroatoms. The summed E-state index contributed by atoms with van der Waals surface area (Å²) < 4.78 is 13.1. The van der Waals surface area contributed by atoms with Crippen LogP contribution in [0, 0.1) is 5.82 Å². The Morgan fingerprint density at radius 1 is 1.50 bits per heavy atom. The number of halogens is 1. The Morgan fingerprint density at radius 2 is 2.32 bits per heavy atom. The molecule has 0 aliphatic rings. The molecule has 0 saturated heterocycles. The number of carbonyl (C=O) groups is 1. The van der Waals surface area contributed by atoms with Crippen molar-refractivity contribution in [1.82, 2.24) is 10.3 Å². The predicted molar refractivity (Wildman–Crippen MR) is 84.6 cm³/mol. The third-order valence-electron chi connectivity index (χ3n) is 2.89. The molecule has 0 fully saturated rings. The first-order valence-electron chi connectivity index (χ1n) is 6.95. The van der Waals surface area contributed by atoms with E-state index in [9.17, 15) is 9.18 Å². The lowest BCUT2D eigenvalue weighted by Gasteiger charge is -2.06. The lowest BCUT2D eigenvalue weighted by Crippen LogP contribution is -2.30. The van der Waals surface area contributed by atoms with Gasteiger partial charge in [-0.15, -0.1) is 11.3 Å². The number of aromatic nitrogens is 1. The number of hydrogen-bond donors (Lipinski definition) is 3. The van der Waals surface area contributed by atoms with E-state index in [4.69, 9.17) is 5.11 Å². The quantitative estimate of drug-likeness (QED) is 0.765. The highest BCUT2D eigenvalue weighted by Crippen LogP contribution is 2.21. The van der Waals surface area contributed by atoms with Crippen LogP contribution in [-0.2, 0) is 6.42 Å². The Balaban J connectivity index is 1.84. The molecular weight excluding hydrogens is 305 g/mol. The first-order valence-corrected chi connectivity index (χ1v) is 7.76. The standard InChI is InChI=1S/C15H18FN3O2S/c1-10(20)5-6-17-14(21)19-15-18-9-13(22-15)8-11-3-2-4-12(16)7-11/h2-4,7,9-10,20H,5-6,8H2,1H3,(H2,17,18,19,21). The topological polar surface area (TPSA) is 74.2 Å². The Kier molecular flexibility index (Phi) is 5.85. The van der Waals surface area contributed by atoms with Crippen LogP contribution in [-0.4, -0.2) is 28.8 Å². The minimum absolute atomic E-state index is 0.266. The number of aliphatic hydroxyl groups excluding tert-OH is 1. The van der Waals surface area contributed by atoms with Crippen molar-refractivity contribution >= 4 is 22.5 Å². The van der Waals surface area contributed by atoms with Gasteiger partial charge in [-0.25, -0.2) is 14.2 Å². The fourth-order valence-electron chi connectivity index (χ4n) is 1.83. The minimum atomic E-state index is -0.446. The minimum Gasteiger partial charge on any atom is -0.393 e. The van der Waals surface area contributed by atoms with Crippen LogP contribution in [0.3, 0.4) is 0 Å². The third-order valence-corrected chi connectivity index (χ3v) is 3.80. The van der Waals surface area contributed by atoms with Gasteiger partial charge in [0.25, 0.3) is 0 Å². The van der Waals surface area contributed by atoms with Gasteiger partial charge in [0.05, 0.1) is 6.10 Å². The van der Waals surface area contributed by atoms with Gasteiger partial charge in [-0.1, -0.05) is 12.1 Å². The van der Waals surface area contributed by atoms with Crippen molar-refractivity contribution in [2.45, 2.75) is 25.9 Å². The van der Waals surface area contributed by atoms with E-state index in [-0.39, 0.29) is 11.8 Å². The summed E-state index contributed by atoms with van der Waals surface area (Å²) in [5.74, 6) is -0.266. The molecule has 1 aromatic heterocycles. The molecule has 0 spiro atoms. The predicted octanol–water partition coefficient (Wildman–Crippen LogP) is 2.77. The number of rotatable bonds is 6. The van der Waals surface area contributed by atoms with E-state index < -0.39 is 6.10 Å². The number of carbonyl (C=O) groups excluding carboxylic acids is 1. The first kappa shape index (κ1) is 16.4. The summed E-state index contributed by atoms with van der Waals surface area (Å²) in [4.78, 5) is 16.7. The number of urea groups is 1. The summed E-state index contributed by atoms with van der Waals surface area (Å²) in [6.45, 7) is 2.06. The van der Waals surface area contributed by atoms with Crippen LogP contribution in [0.1, 0.15) is 23.8 Å². The Hall–Kier alpha value is -1.99. The Morgan fingerprint density at radius 3 is 3.05 bits per heavy atom. The van der Waals surface area contributed by atoms with E-state index in [1.54, 1.807) is 19.2 Å². The smallest absolute Gasteiger partial charge is 0.321 e. The zero-order valence-electron chi connectivity index (χ0n) is 12.2. The second kappa shape index (κ2) is 7.86. The molecule has 22 heavy (non-hydrogen) atoms. The number of hydrogen-bond acceptors (Lipinski definition) is 4. The molecule has 0 saturated carbocycles. The van der Waals surface area contributed by atoms with E-state index in [1.165, 1.54) is 23.5 Å². The molecule has 0 radical (unpaired) electrons. The van der Waals surface area contributed by atoms with Gasteiger partial charge in [0.1, 0.15) is 5.82 Å². The fourth-order valence-corrected chi connectivity index (χ4v) is 2.67. The maximum Gasteiger partial charge on any atom is 0.321 e. The average molecular weight is 323 g/mol. The number of nitrogens with one attached hydrogen (secondary N) is 2. The fraction of sp³-hybridized carbons (Fsp3) is 0.333. The normalized spacial score (nSPS) is 12.0. The summed E-state index contributed by atoms with van der Waals surface area (Å²) >= 11 is 1.35. The van der Waals surface area contributed by atoms with E-state index in [0.29, 0.717) is 24.5 Å². The summed E-state index contributed by atoms with van der Waals surface area (Å²) in [5.41, 5.74) is 0.858. The van der Waals surface area contributed by atoms with Crippen LogP contribution < -0.4 is 10.6 Å². The molecule has 1 unspecified atom stereocenters. The summed E-state index contributed by atoms with van der Waals surface area (Å²) in [7, 11) is 0. The monoisotopic (exact) mass is 323 g/mol. The molecule has 2 amide bonds. The average Bonchev–Trinajstić information content (AvgIpc) is 2.85. The highest BCUT2D eigenvalue weighted by atomic mass is 32.1. The SMILES string of the molecule is CC(O)CCNC(=O)Nc1ncc(Cc2cccc(F)c2)s1. The van der Waals surface area contributed by atoms with E-state index in [1.807, 2.05) is 6.07 Å². The second-order valence-corrected chi connectivity index (χ2v) is 6.07. The second-order valence-electron chi connectivity index (χ2n) is 4.96. The van der Waals surface area contributed by atoms with E-state index >= 15 is 0 Å². The van der Waals surface area contributed by atoms with Crippen LogP contribution in [0.15, 0.2) is 30.5 Å². The Bertz CT molecular complexity index is 631. The van der Waals surface area contributed by atoms with Gasteiger partial charge in [0.2, 0.25) is 0 Å². The van der Waals surface area contributed by atoms with Crippen LogP contribution in [0.5, 0.6) is 0 Å². The molecule has 118 valence electrons. The van der Waals surface area contributed by atoms with E-state index in [0.717, 1.165) is 10.4 Å². The number of nitrogens with zero attached hydrogens (tertiary/aromatic N) is 1. The molecule has 3 N–H and O–H groups in total. The van der Waals surface area contributed by atoms with Crippen molar-refractivity contribution < 1.29 is 14.3 Å². The van der Waals surface area contributed by atoms with Crippen LogP contribution in [0.4, 0.5) is 14.3 Å². The van der Waals surface area contributed by atoms with Crippen molar-refractivity contribution in [1.29, 1.82) is 0 Å². The van der Waals surface area contributed by atoms with Gasteiger partial charge in [0, 0.05) is 24.0 Å². The molecule has 1 atom stereocenters. The van der Waals surface area contributed by atoms with E-state index in [2.05, 4.69) is 15.6 Å². The Labute approximate surface area is 132 Å². The molecule has 0 aliphatic carbocycles. The van der Waals surface area contributed by atoms with Crippen molar-refractivity contribution in [3.63, 3.8) is 0 Å². The van der Waals surface area contributed by atoms with Gasteiger partial charge in [-0.3, -0.25) is 5.32 Å². The van der Waals surface area contributed by atoms with Gasteiger partial charge in [0.15, 0.2) is 5.13 Å². The van der Waals surface area contributed by atoms with Gasteiger partial charge in [-0.05, 0) is 31.0 Å². The zero-order chi connectivity index (χ0) is 15.9. The third kappa shape index (κ3) is 5.42. The van der Waals surface area contributed by atoms with Crippen molar-refractivity contribution in [2.75, 3.05) is 11.9 Å². The maximum atomic E-state index is 13.1. The summed E-state index contributed by atoms with van der Waals surface area (Å²) in [5, 5.41) is 14.9. The number of aliphatic hydroxyl groups is 1. The largest absolute Gasteiger partial charge is 0.393 e. The summed E-state index contributed by atoms with van der Waals surface area (Å²) in [6.07, 6.45) is 2.29. The molecule has 2 aromatic rings. The zero-order valence-corrected chi connectivity index (χ0v) is 13.0.